The second kappa shape index (κ2) is 3.79. The Morgan fingerprint density at radius 2 is 1.82 bits per heavy atom. The van der Waals surface area contributed by atoms with Gasteiger partial charge < -0.3 is 5.11 Å². The van der Waals surface area contributed by atoms with E-state index in [0.717, 1.165) is 26.8 Å². The number of hydrogen-bond donors (Lipinski definition) is 1. The molecule has 2 nitrogen and oxygen atoms in total. The molecule has 3 rings (SSSR count). The molecule has 0 saturated carbocycles. The summed E-state index contributed by atoms with van der Waals surface area (Å²) in [6, 6.07) is 11.9. The molecule has 1 aliphatic rings. The monoisotopic (exact) mass is 244 g/mol. The smallest absolute Gasteiger partial charge is 0.152 e. The van der Waals surface area contributed by atoms with Crippen molar-refractivity contribution < 1.29 is 9.32 Å². The van der Waals surface area contributed by atoms with Gasteiger partial charge in [-0.2, -0.15) is 0 Å². The molecule has 3 heteroatoms. The van der Waals surface area contributed by atoms with E-state index < -0.39 is 16.2 Å². The Balaban J connectivity index is 2.36. The van der Waals surface area contributed by atoms with Crippen LogP contribution >= 0.6 is 0 Å². The largest absolute Gasteiger partial charge is 0.376 e. The van der Waals surface area contributed by atoms with E-state index in [2.05, 4.69) is 0 Å². The summed E-state index contributed by atoms with van der Waals surface area (Å²) in [7, 11) is -1.36. The highest BCUT2D eigenvalue weighted by Crippen LogP contribution is 2.32. The molecule has 1 aliphatic heterocycles. The number of rotatable bonds is 0. The Labute approximate surface area is 102 Å². The molecule has 0 fully saturated rings. The summed E-state index contributed by atoms with van der Waals surface area (Å²) in [5.74, 6) is 0. The van der Waals surface area contributed by atoms with Crippen LogP contribution in [0.15, 0.2) is 47.4 Å². The zero-order valence-corrected chi connectivity index (χ0v) is 10.2. The minimum absolute atomic E-state index is 0.733. The van der Waals surface area contributed by atoms with Crippen molar-refractivity contribution in [3.05, 3.63) is 48.0 Å². The molecular formula is C14H12O2S. The van der Waals surface area contributed by atoms with Crippen LogP contribution in [0.5, 0.6) is 0 Å². The predicted molar refractivity (Wildman–Crippen MR) is 70.0 cm³/mol. The van der Waals surface area contributed by atoms with E-state index in [9.17, 15) is 9.32 Å². The Bertz CT molecular complexity index is 658. The van der Waals surface area contributed by atoms with Gasteiger partial charge in [0.05, 0.1) is 10.8 Å². The third kappa shape index (κ3) is 1.63. The van der Waals surface area contributed by atoms with E-state index in [4.69, 9.17) is 0 Å². The lowest BCUT2D eigenvalue weighted by Gasteiger charge is -2.19. The van der Waals surface area contributed by atoms with Crippen molar-refractivity contribution in [2.24, 2.45) is 0 Å². The Morgan fingerprint density at radius 3 is 2.53 bits per heavy atom. The molecule has 2 atom stereocenters. The van der Waals surface area contributed by atoms with Crippen molar-refractivity contribution in [3.63, 3.8) is 0 Å². The standard InChI is InChI=1S/C14H12O2S/c1-9-6-14(15)17(16)13-8-11-5-3-2-4-10(11)7-12(9)13/h2-8,14-15H,1H3. The first-order chi connectivity index (χ1) is 8.16. The zero-order valence-electron chi connectivity index (χ0n) is 9.38. The summed E-state index contributed by atoms with van der Waals surface area (Å²) in [5, 5.41) is 11.9. The summed E-state index contributed by atoms with van der Waals surface area (Å²) in [5.41, 5.74) is 1.08. The topological polar surface area (TPSA) is 37.3 Å². The molecule has 2 aromatic carbocycles. The van der Waals surface area contributed by atoms with E-state index in [1.807, 2.05) is 43.3 Å². The van der Waals surface area contributed by atoms with Crippen LogP contribution in [0.3, 0.4) is 0 Å². The van der Waals surface area contributed by atoms with Crippen LogP contribution in [0.4, 0.5) is 0 Å². The maximum atomic E-state index is 12.0. The summed E-state index contributed by atoms with van der Waals surface area (Å²) in [6.45, 7) is 1.94. The fourth-order valence-corrected chi connectivity index (χ4v) is 3.46. The normalized spacial score (nSPS) is 23.3. The lowest BCUT2D eigenvalue weighted by molar-refractivity contribution is 0.302. The van der Waals surface area contributed by atoms with Gasteiger partial charge in [0.25, 0.3) is 0 Å². The number of fused-ring (bicyclic) bond motifs is 2. The molecule has 1 heterocycles. The second-order valence-corrected chi connectivity index (χ2v) is 5.75. The zero-order chi connectivity index (χ0) is 12.0. The number of aliphatic hydroxyl groups excluding tert-OH is 1. The lowest BCUT2D eigenvalue weighted by Crippen LogP contribution is -2.17. The molecular weight excluding hydrogens is 232 g/mol. The highest BCUT2D eigenvalue weighted by atomic mass is 32.2. The summed E-state index contributed by atoms with van der Waals surface area (Å²) in [6.07, 6.45) is 1.66. The fourth-order valence-electron chi connectivity index (χ4n) is 2.19. The van der Waals surface area contributed by atoms with Gasteiger partial charge in [0.2, 0.25) is 0 Å². The van der Waals surface area contributed by atoms with Gasteiger partial charge in [-0.25, -0.2) is 0 Å². The predicted octanol–water partition coefficient (Wildman–Crippen LogP) is 2.68. The molecule has 86 valence electrons. The molecule has 0 aliphatic carbocycles. The van der Waals surface area contributed by atoms with Crippen LogP contribution in [-0.4, -0.2) is 14.8 Å². The fraction of sp³-hybridized carbons (Fsp3) is 0.143. The third-order valence-electron chi connectivity index (χ3n) is 3.10. The van der Waals surface area contributed by atoms with Gasteiger partial charge >= 0.3 is 0 Å². The van der Waals surface area contributed by atoms with Gasteiger partial charge in [-0.1, -0.05) is 24.3 Å². The maximum Gasteiger partial charge on any atom is 0.152 e. The van der Waals surface area contributed by atoms with Crippen LogP contribution in [0.2, 0.25) is 0 Å². The molecule has 0 aromatic heterocycles. The van der Waals surface area contributed by atoms with Crippen LogP contribution in [0.1, 0.15) is 12.5 Å². The highest BCUT2D eigenvalue weighted by Gasteiger charge is 2.23. The van der Waals surface area contributed by atoms with Crippen LogP contribution in [0, 0.1) is 0 Å². The molecule has 2 unspecified atom stereocenters. The molecule has 17 heavy (non-hydrogen) atoms. The van der Waals surface area contributed by atoms with Crippen molar-refractivity contribution in [2.45, 2.75) is 17.3 Å². The Morgan fingerprint density at radius 1 is 1.18 bits per heavy atom. The van der Waals surface area contributed by atoms with Crippen LogP contribution in [0.25, 0.3) is 16.3 Å². The number of allylic oxidation sites excluding steroid dienone is 1. The highest BCUT2D eigenvalue weighted by molar-refractivity contribution is 7.85. The first-order valence-corrected chi connectivity index (χ1v) is 6.68. The summed E-state index contributed by atoms with van der Waals surface area (Å²) < 4.78 is 12.0. The average Bonchev–Trinajstić information content (AvgIpc) is 2.34. The summed E-state index contributed by atoms with van der Waals surface area (Å²) in [4.78, 5) is 0.733. The van der Waals surface area contributed by atoms with Gasteiger partial charge in [-0.05, 0) is 47.0 Å². The van der Waals surface area contributed by atoms with E-state index in [0.29, 0.717) is 0 Å². The first kappa shape index (κ1) is 10.7. The molecule has 1 N–H and O–H groups in total. The SMILES string of the molecule is CC1=CC(O)S(=O)c2cc3ccccc3cc21. The lowest BCUT2D eigenvalue weighted by atomic mass is 10.0. The molecule has 0 bridgehead atoms. The first-order valence-electron chi connectivity index (χ1n) is 5.47. The van der Waals surface area contributed by atoms with Crippen molar-refractivity contribution in [2.75, 3.05) is 0 Å². The van der Waals surface area contributed by atoms with Gasteiger partial charge in [0, 0.05) is 4.90 Å². The van der Waals surface area contributed by atoms with Crippen LogP contribution in [-0.2, 0) is 10.8 Å². The van der Waals surface area contributed by atoms with Gasteiger partial charge in [0.15, 0.2) is 5.44 Å². The number of benzene rings is 2. The van der Waals surface area contributed by atoms with E-state index in [1.54, 1.807) is 6.08 Å². The average molecular weight is 244 g/mol. The molecule has 0 saturated heterocycles. The van der Waals surface area contributed by atoms with Gasteiger partial charge in [-0.15, -0.1) is 0 Å². The van der Waals surface area contributed by atoms with Crippen LogP contribution < -0.4 is 0 Å². The maximum absolute atomic E-state index is 12.0. The molecule has 2 aromatic rings. The van der Waals surface area contributed by atoms with E-state index >= 15 is 0 Å². The molecule has 0 amide bonds. The van der Waals surface area contributed by atoms with E-state index in [1.165, 1.54) is 0 Å². The van der Waals surface area contributed by atoms with Crippen molar-refractivity contribution >= 4 is 27.1 Å². The quantitative estimate of drug-likeness (QED) is 0.773. The molecule has 0 radical (unpaired) electrons. The third-order valence-corrected chi connectivity index (χ3v) is 4.45. The van der Waals surface area contributed by atoms with E-state index in [-0.39, 0.29) is 0 Å². The molecule has 0 spiro atoms. The summed E-state index contributed by atoms with van der Waals surface area (Å²) >= 11 is 0. The van der Waals surface area contributed by atoms with Crippen molar-refractivity contribution in [1.29, 1.82) is 0 Å². The van der Waals surface area contributed by atoms with Gasteiger partial charge in [-0.3, -0.25) is 4.21 Å². The van der Waals surface area contributed by atoms with Crippen molar-refractivity contribution in [1.82, 2.24) is 0 Å². The second-order valence-electron chi connectivity index (χ2n) is 4.23. The number of aliphatic hydroxyl groups is 1. The Hall–Kier alpha value is -1.45. The Kier molecular flexibility index (Phi) is 2.38. The number of hydrogen-bond acceptors (Lipinski definition) is 2. The minimum Gasteiger partial charge on any atom is -0.376 e. The van der Waals surface area contributed by atoms with Gasteiger partial charge in [0.1, 0.15) is 0 Å². The minimum atomic E-state index is -1.36. The van der Waals surface area contributed by atoms with Crippen molar-refractivity contribution in [3.8, 4) is 0 Å².